The number of carboxylic acid groups (broad SMARTS) is 1. The van der Waals surface area contributed by atoms with Gasteiger partial charge in [-0.2, -0.15) is 0 Å². The molecule has 1 heterocycles. The number of hydrogen-bond acceptors (Lipinski definition) is 4. The molecule has 6 nitrogen and oxygen atoms in total. The van der Waals surface area contributed by atoms with Gasteiger partial charge in [-0.25, -0.2) is 0 Å². The Balaban J connectivity index is 1.57. The summed E-state index contributed by atoms with van der Waals surface area (Å²) in [5.41, 5.74) is 0. The van der Waals surface area contributed by atoms with Crippen LogP contribution in [0.2, 0.25) is 0 Å². The lowest BCUT2D eigenvalue weighted by atomic mass is 10.0. The molecule has 6 heteroatoms. The van der Waals surface area contributed by atoms with E-state index in [1.807, 2.05) is 0 Å². The summed E-state index contributed by atoms with van der Waals surface area (Å²) in [5.74, 6) is -1.16. The van der Waals surface area contributed by atoms with Crippen molar-refractivity contribution in [2.24, 2.45) is 11.8 Å². The Morgan fingerprint density at radius 2 is 1.90 bits per heavy atom. The van der Waals surface area contributed by atoms with Crippen LogP contribution in [0.5, 0.6) is 0 Å². The van der Waals surface area contributed by atoms with Crippen molar-refractivity contribution in [2.75, 3.05) is 39.3 Å². The van der Waals surface area contributed by atoms with Gasteiger partial charge in [0.05, 0.1) is 5.92 Å². The Kier molecular flexibility index (Phi) is 5.79. The lowest BCUT2D eigenvalue weighted by molar-refractivity contribution is -0.141. The fraction of sp³-hybridized carbons (Fsp3) is 0.857. The van der Waals surface area contributed by atoms with Crippen LogP contribution in [-0.2, 0) is 9.59 Å². The van der Waals surface area contributed by atoms with Crippen LogP contribution in [0.4, 0.5) is 0 Å². The van der Waals surface area contributed by atoms with Gasteiger partial charge in [0.1, 0.15) is 0 Å². The SMILES string of the molecule is O=C(O)[C@H]1CC[C@@H](C(=O)NCCCN2CCNCC2)C1. The number of rotatable bonds is 6. The molecule has 0 aromatic carbocycles. The zero-order chi connectivity index (χ0) is 14.4. The standard InChI is InChI=1S/C14H25N3O3/c18-13(11-2-3-12(10-11)14(19)20)16-4-1-7-17-8-5-15-6-9-17/h11-12,15H,1-10H2,(H,16,18)(H,19,20)/t11-,12+/m1/s1. The Labute approximate surface area is 119 Å². The molecule has 2 rings (SSSR count). The Morgan fingerprint density at radius 3 is 2.55 bits per heavy atom. The molecule has 0 aromatic heterocycles. The third-order valence-electron chi connectivity index (χ3n) is 4.31. The number of nitrogens with one attached hydrogen (secondary N) is 2. The molecule has 1 aliphatic heterocycles. The largest absolute Gasteiger partial charge is 0.481 e. The molecule has 0 unspecified atom stereocenters. The highest BCUT2D eigenvalue weighted by molar-refractivity contribution is 5.80. The van der Waals surface area contributed by atoms with Crippen LogP contribution in [0.1, 0.15) is 25.7 Å². The summed E-state index contributed by atoms with van der Waals surface area (Å²) in [6.07, 6.45) is 2.80. The minimum absolute atomic E-state index is 0.0362. The highest BCUT2D eigenvalue weighted by Gasteiger charge is 2.33. The molecule has 1 amide bonds. The number of carbonyl (C=O) groups excluding carboxylic acids is 1. The zero-order valence-electron chi connectivity index (χ0n) is 11.9. The smallest absolute Gasteiger partial charge is 0.306 e. The van der Waals surface area contributed by atoms with E-state index in [1.54, 1.807) is 0 Å². The van der Waals surface area contributed by atoms with Gasteiger partial charge in [0.15, 0.2) is 0 Å². The van der Waals surface area contributed by atoms with E-state index in [-0.39, 0.29) is 17.7 Å². The summed E-state index contributed by atoms with van der Waals surface area (Å²) in [4.78, 5) is 25.2. The molecule has 20 heavy (non-hydrogen) atoms. The maximum atomic E-state index is 11.9. The Hall–Kier alpha value is -1.14. The van der Waals surface area contributed by atoms with Crippen LogP contribution in [0, 0.1) is 11.8 Å². The fourth-order valence-corrected chi connectivity index (χ4v) is 3.04. The number of piperazine rings is 1. The predicted octanol–water partition coefficient (Wildman–Crippen LogP) is -0.101. The first-order valence-electron chi connectivity index (χ1n) is 7.60. The number of aliphatic carboxylic acids is 1. The number of amides is 1. The summed E-state index contributed by atoms with van der Waals surface area (Å²) < 4.78 is 0. The van der Waals surface area contributed by atoms with Crippen LogP contribution >= 0.6 is 0 Å². The summed E-state index contributed by atoms with van der Waals surface area (Å²) in [7, 11) is 0. The molecule has 1 aliphatic carbocycles. The topological polar surface area (TPSA) is 81.7 Å². The highest BCUT2D eigenvalue weighted by Crippen LogP contribution is 2.30. The second-order valence-corrected chi connectivity index (χ2v) is 5.78. The van der Waals surface area contributed by atoms with Crippen LogP contribution in [0.3, 0.4) is 0 Å². The van der Waals surface area contributed by atoms with Crippen LogP contribution in [-0.4, -0.2) is 61.2 Å². The third-order valence-corrected chi connectivity index (χ3v) is 4.31. The van der Waals surface area contributed by atoms with Gasteiger partial charge in [0.2, 0.25) is 5.91 Å². The quantitative estimate of drug-likeness (QED) is 0.593. The Bertz CT molecular complexity index is 343. The molecule has 2 aliphatic rings. The van der Waals surface area contributed by atoms with E-state index in [1.165, 1.54) is 0 Å². The molecular weight excluding hydrogens is 258 g/mol. The van der Waals surface area contributed by atoms with Gasteiger partial charge in [-0.05, 0) is 32.2 Å². The van der Waals surface area contributed by atoms with E-state index in [0.29, 0.717) is 25.8 Å². The molecule has 2 fully saturated rings. The van der Waals surface area contributed by atoms with E-state index in [0.717, 1.165) is 39.1 Å². The van der Waals surface area contributed by atoms with E-state index in [4.69, 9.17) is 5.11 Å². The van der Waals surface area contributed by atoms with Crippen molar-refractivity contribution in [1.82, 2.24) is 15.5 Å². The number of hydrogen-bond donors (Lipinski definition) is 3. The molecule has 1 saturated heterocycles. The first-order valence-corrected chi connectivity index (χ1v) is 7.60. The highest BCUT2D eigenvalue weighted by atomic mass is 16.4. The van der Waals surface area contributed by atoms with Crippen molar-refractivity contribution < 1.29 is 14.7 Å². The predicted molar refractivity (Wildman–Crippen MR) is 75.4 cm³/mol. The molecule has 3 N–H and O–H groups in total. The second kappa shape index (κ2) is 7.59. The average Bonchev–Trinajstić information content (AvgIpc) is 2.94. The van der Waals surface area contributed by atoms with E-state index in [9.17, 15) is 9.59 Å². The maximum Gasteiger partial charge on any atom is 0.306 e. The molecule has 114 valence electrons. The zero-order valence-corrected chi connectivity index (χ0v) is 11.9. The molecular formula is C14H25N3O3. The van der Waals surface area contributed by atoms with Crippen molar-refractivity contribution in [3.63, 3.8) is 0 Å². The summed E-state index contributed by atoms with van der Waals surface area (Å²) in [6, 6.07) is 0. The summed E-state index contributed by atoms with van der Waals surface area (Å²) in [5, 5.41) is 15.2. The minimum Gasteiger partial charge on any atom is -0.481 e. The monoisotopic (exact) mass is 283 g/mol. The van der Waals surface area contributed by atoms with Gasteiger partial charge in [0.25, 0.3) is 0 Å². The molecule has 1 saturated carbocycles. The number of carboxylic acids is 1. The fourth-order valence-electron chi connectivity index (χ4n) is 3.04. The lowest BCUT2D eigenvalue weighted by Crippen LogP contribution is -2.44. The van der Waals surface area contributed by atoms with Crippen LogP contribution < -0.4 is 10.6 Å². The first-order chi connectivity index (χ1) is 9.66. The number of carbonyl (C=O) groups is 2. The van der Waals surface area contributed by atoms with Gasteiger partial charge in [0, 0.05) is 38.6 Å². The van der Waals surface area contributed by atoms with Crippen LogP contribution in [0.25, 0.3) is 0 Å². The number of nitrogens with zero attached hydrogens (tertiary/aromatic N) is 1. The van der Waals surface area contributed by atoms with Gasteiger partial charge in [-0.15, -0.1) is 0 Å². The van der Waals surface area contributed by atoms with Crippen molar-refractivity contribution in [3.8, 4) is 0 Å². The molecule has 0 radical (unpaired) electrons. The van der Waals surface area contributed by atoms with Crippen molar-refractivity contribution >= 4 is 11.9 Å². The van der Waals surface area contributed by atoms with Crippen molar-refractivity contribution in [2.45, 2.75) is 25.7 Å². The molecule has 0 spiro atoms. The van der Waals surface area contributed by atoms with Crippen molar-refractivity contribution in [1.29, 1.82) is 0 Å². The van der Waals surface area contributed by atoms with E-state index < -0.39 is 5.97 Å². The summed E-state index contributed by atoms with van der Waals surface area (Å²) >= 11 is 0. The van der Waals surface area contributed by atoms with E-state index in [2.05, 4.69) is 15.5 Å². The van der Waals surface area contributed by atoms with E-state index >= 15 is 0 Å². The minimum atomic E-state index is -0.765. The lowest BCUT2D eigenvalue weighted by Gasteiger charge is -2.27. The molecule has 2 atom stereocenters. The molecule has 0 bridgehead atoms. The Morgan fingerprint density at radius 1 is 1.20 bits per heavy atom. The molecule has 0 aromatic rings. The van der Waals surface area contributed by atoms with Gasteiger partial charge in [-0.1, -0.05) is 0 Å². The third kappa shape index (κ3) is 4.45. The van der Waals surface area contributed by atoms with Gasteiger partial charge in [-0.3, -0.25) is 9.59 Å². The normalized spacial score (nSPS) is 27.4. The second-order valence-electron chi connectivity index (χ2n) is 5.78. The van der Waals surface area contributed by atoms with Gasteiger partial charge < -0.3 is 20.6 Å². The first kappa shape index (κ1) is 15.3. The van der Waals surface area contributed by atoms with Gasteiger partial charge >= 0.3 is 5.97 Å². The maximum absolute atomic E-state index is 11.9. The van der Waals surface area contributed by atoms with Crippen molar-refractivity contribution in [3.05, 3.63) is 0 Å². The summed E-state index contributed by atoms with van der Waals surface area (Å²) in [6.45, 7) is 5.96. The van der Waals surface area contributed by atoms with Crippen LogP contribution in [0.15, 0.2) is 0 Å². The average molecular weight is 283 g/mol.